The molecule has 6 nitrogen and oxygen atoms in total. The molecule has 0 saturated heterocycles. The molecule has 26 heavy (non-hydrogen) atoms. The van der Waals surface area contributed by atoms with Crippen LogP contribution in [0.25, 0.3) is 11.3 Å². The van der Waals surface area contributed by atoms with Gasteiger partial charge in [-0.15, -0.1) is 0 Å². The van der Waals surface area contributed by atoms with Gasteiger partial charge in [-0.1, -0.05) is 6.07 Å². The number of rotatable bonds is 3. The molecule has 1 aromatic carbocycles. The van der Waals surface area contributed by atoms with E-state index in [1.807, 2.05) is 16.7 Å². The van der Waals surface area contributed by atoms with Crippen molar-refractivity contribution in [2.45, 2.75) is 37.6 Å². The van der Waals surface area contributed by atoms with Gasteiger partial charge in [0.1, 0.15) is 11.3 Å². The van der Waals surface area contributed by atoms with Gasteiger partial charge in [0.15, 0.2) is 5.43 Å². The molecule has 0 unspecified atom stereocenters. The lowest BCUT2D eigenvalue weighted by Gasteiger charge is -2.48. The Bertz CT molecular complexity index is 1030. The van der Waals surface area contributed by atoms with Crippen LogP contribution in [-0.4, -0.2) is 22.8 Å². The lowest BCUT2D eigenvalue weighted by molar-refractivity contribution is 0.0691. The van der Waals surface area contributed by atoms with Crippen molar-refractivity contribution in [3.8, 4) is 23.1 Å². The van der Waals surface area contributed by atoms with Gasteiger partial charge in [-0.2, -0.15) is 5.26 Å². The van der Waals surface area contributed by atoms with Gasteiger partial charge in [-0.25, -0.2) is 4.79 Å². The van der Waals surface area contributed by atoms with Crippen LogP contribution in [0.15, 0.2) is 29.2 Å². The Balaban J connectivity index is 1.99. The van der Waals surface area contributed by atoms with E-state index in [9.17, 15) is 14.7 Å². The average Bonchev–Trinajstić information content (AvgIpc) is 2.58. The highest BCUT2D eigenvalue weighted by Crippen LogP contribution is 2.49. The summed E-state index contributed by atoms with van der Waals surface area (Å²) in [5, 5.41) is 18.4. The molecule has 0 bridgehead atoms. The summed E-state index contributed by atoms with van der Waals surface area (Å²) in [4.78, 5) is 23.7. The predicted molar refractivity (Wildman–Crippen MR) is 94.5 cm³/mol. The molecule has 1 aliphatic carbocycles. The number of hydrogen-bond donors (Lipinski definition) is 1. The molecule has 1 aliphatic heterocycles. The number of fused-ring (bicyclic) bond motifs is 4. The van der Waals surface area contributed by atoms with Crippen LogP contribution in [-0.2, 0) is 18.4 Å². The largest absolute Gasteiger partial charge is 0.496 e. The highest BCUT2D eigenvalue weighted by atomic mass is 16.5. The fourth-order valence-electron chi connectivity index (χ4n) is 4.21. The highest BCUT2D eigenvalue weighted by molar-refractivity contribution is 5.88. The van der Waals surface area contributed by atoms with Gasteiger partial charge < -0.3 is 14.4 Å². The second-order valence-electron chi connectivity index (χ2n) is 7.02. The van der Waals surface area contributed by atoms with E-state index in [1.54, 1.807) is 7.11 Å². The standard InChI is InChI=1S/C20H18N2O4/c1-26-18-8-14-13(7-12(18)3-6-21)10-20(4-2-5-20)22-11-15(19(24)25)17(23)9-16(14)22/h7-9,11H,2-5,10H2,1H3,(H,24,25). The average molecular weight is 350 g/mol. The number of nitrogens with zero attached hydrogens (tertiary/aromatic N) is 2. The zero-order valence-corrected chi connectivity index (χ0v) is 14.4. The number of pyridine rings is 1. The highest BCUT2D eigenvalue weighted by Gasteiger charge is 2.43. The van der Waals surface area contributed by atoms with Crippen LogP contribution in [0.4, 0.5) is 0 Å². The van der Waals surface area contributed by atoms with Gasteiger partial charge in [0.2, 0.25) is 0 Å². The smallest absolute Gasteiger partial charge is 0.341 e. The zero-order chi connectivity index (χ0) is 18.5. The first-order valence-corrected chi connectivity index (χ1v) is 8.57. The number of aromatic carboxylic acids is 1. The Morgan fingerprint density at radius 3 is 2.73 bits per heavy atom. The second kappa shape index (κ2) is 5.73. The summed E-state index contributed by atoms with van der Waals surface area (Å²) in [5.41, 5.74) is 2.64. The number of aromatic nitrogens is 1. The Labute approximate surface area is 150 Å². The quantitative estimate of drug-likeness (QED) is 0.919. The maximum absolute atomic E-state index is 12.3. The SMILES string of the molecule is COc1cc2c(cc1CC#N)CC1(CCC1)n1cc(C(=O)O)c(=O)cc1-2. The van der Waals surface area contributed by atoms with Crippen molar-refractivity contribution in [1.82, 2.24) is 4.57 Å². The molecule has 4 rings (SSSR count). The topological polar surface area (TPSA) is 92.3 Å². The van der Waals surface area contributed by atoms with Crippen LogP contribution in [0, 0.1) is 11.3 Å². The number of carboxylic acid groups (broad SMARTS) is 1. The van der Waals surface area contributed by atoms with E-state index >= 15 is 0 Å². The van der Waals surface area contributed by atoms with E-state index in [-0.39, 0.29) is 17.5 Å². The van der Waals surface area contributed by atoms with Gasteiger partial charge in [0, 0.05) is 28.9 Å². The summed E-state index contributed by atoms with van der Waals surface area (Å²) in [7, 11) is 1.56. The summed E-state index contributed by atoms with van der Waals surface area (Å²) >= 11 is 0. The van der Waals surface area contributed by atoms with Crippen molar-refractivity contribution >= 4 is 5.97 Å². The summed E-state index contributed by atoms with van der Waals surface area (Å²) < 4.78 is 7.41. The molecule has 0 amide bonds. The maximum atomic E-state index is 12.3. The molecule has 0 radical (unpaired) electrons. The van der Waals surface area contributed by atoms with E-state index in [1.165, 1.54) is 12.3 Å². The number of nitriles is 1. The Hall–Kier alpha value is -3.07. The molecule has 2 aliphatic rings. The molecule has 1 fully saturated rings. The Morgan fingerprint density at radius 1 is 1.38 bits per heavy atom. The van der Waals surface area contributed by atoms with E-state index in [4.69, 9.17) is 10.00 Å². The molecule has 0 atom stereocenters. The molecule has 1 saturated carbocycles. The summed E-state index contributed by atoms with van der Waals surface area (Å²) in [6.45, 7) is 0. The third-order valence-electron chi connectivity index (χ3n) is 5.65. The van der Waals surface area contributed by atoms with E-state index in [0.29, 0.717) is 5.75 Å². The molecule has 1 spiro atoms. The minimum Gasteiger partial charge on any atom is -0.496 e. The second-order valence-corrected chi connectivity index (χ2v) is 7.02. The molecule has 6 heteroatoms. The first-order valence-electron chi connectivity index (χ1n) is 8.57. The minimum absolute atomic E-state index is 0.182. The van der Waals surface area contributed by atoms with Crippen LogP contribution < -0.4 is 10.2 Å². The zero-order valence-electron chi connectivity index (χ0n) is 14.4. The summed E-state index contributed by atoms with van der Waals surface area (Å²) in [6, 6.07) is 7.44. The third-order valence-corrected chi connectivity index (χ3v) is 5.65. The fourth-order valence-corrected chi connectivity index (χ4v) is 4.21. The number of carbonyl (C=O) groups is 1. The normalized spacial score (nSPS) is 16.2. The fraction of sp³-hybridized carbons (Fsp3) is 0.350. The van der Waals surface area contributed by atoms with Crippen molar-refractivity contribution in [1.29, 1.82) is 5.26 Å². The van der Waals surface area contributed by atoms with E-state index in [0.717, 1.165) is 48.1 Å². The van der Waals surface area contributed by atoms with Gasteiger partial charge in [-0.3, -0.25) is 4.79 Å². The molecule has 2 aromatic rings. The number of benzene rings is 1. The third kappa shape index (κ3) is 2.24. The van der Waals surface area contributed by atoms with Crippen molar-refractivity contribution < 1.29 is 14.6 Å². The summed E-state index contributed by atoms with van der Waals surface area (Å²) in [5.74, 6) is -0.594. The summed E-state index contributed by atoms with van der Waals surface area (Å²) in [6.07, 6.45) is 5.48. The van der Waals surface area contributed by atoms with Crippen molar-refractivity contribution in [3.63, 3.8) is 0 Å². The number of carboxylic acids is 1. The Kier molecular flexibility index (Phi) is 3.62. The van der Waals surface area contributed by atoms with Crippen molar-refractivity contribution in [2.75, 3.05) is 7.11 Å². The van der Waals surface area contributed by atoms with Crippen LogP contribution in [0.3, 0.4) is 0 Å². The molecular formula is C20H18N2O4. The Morgan fingerprint density at radius 2 is 2.15 bits per heavy atom. The van der Waals surface area contributed by atoms with Gasteiger partial charge >= 0.3 is 5.97 Å². The molecule has 2 heterocycles. The molecular weight excluding hydrogens is 332 g/mol. The minimum atomic E-state index is -1.20. The predicted octanol–water partition coefficient (Wildman–Crippen LogP) is 2.72. The number of methoxy groups -OCH3 is 1. The van der Waals surface area contributed by atoms with Crippen LogP contribution >= 0.6 is 0 Å². The van der Waals surface area contributed by atoms with Crippen LogP contribution in [0.2, 0.25) is 0 Å². The van der Waals surface area contributed by atoms with E-state index < -0.39 is 11.4 Å². The van der Waals surface area contributed by atoms with E-state index in [2.05, 4.69) is 6.07 Å². The first-order chi connectivity index (χ1) is 12.5. The first kappa shape index (κ1) is 16.4. The monoisotopic (exact) mass is 350 g/mol. The molecule has 1 aromatic heterocycles. The maximum Gasteiger partial charge on any atom is 0.341 e. The van der Waals surface area contributed by atoms with Gasteiger partial charge in [0.25, 0.3) is 0 Å². The van der Waals surface area contributed by atoms with Crippen LogP contribution in [0.1, 0.15) is 40.7 Å². The van der Waals surface area contributed by atoms with Gasteiger partial charge in [-0.05, 0) is 37.3 Å². The van der Waals surface area contributed by atoms with Crippen LogP contribution in [0.5, 0.6) is 5.75 Å². The van der Waals surface area contributed by atoms with Gasteiger partial charge in [0.05, 0.1) is 25.3 Å². The molecule has 1 N–H and O–H groups in total. The number of hydrogen-bond acceptors (Lipinski definition) is 4. The lowest BCUT2D eigenvalue weighted by atomic mass is 9.69. The molecule has 132 valence electrons. The van der Waals surface area contributed by atoms with Crippen molar-refractivity contribution in [3.05, 3.63) is 51.3 Å². The lowest BCUT2D eigenvalue weighted by Crippen LogP contribution is -2.46. The van der Waals surface area contributed by atoms with Crippen molar-refractivity contribution in [2.24, 2.45) is 0 Å². The number of ether oxygens (including phenoxy) is 1.